The topological polar surface area (TPSA) is 52.0 Å². The Morgan fingerprint density at radius 3 is 1.88 bits per heavy atom. The lowest BCUT2D eigenvalue weighted by molar-refractivity contribution is -0.360. The maximum Gasteiger partial charge on any atom is 0.460 e. The molecule has 0 radical (unpaired) electrons. The van der Waals surface area contributed by atoms with E-state index in [1.165, 1.54) is 24.3 Å². The second kappa shape index (κ2) is 8.01. The number of sulfone groups is 1. The van der Waals surface area contributed by atoms with Gasteiger partial charge in [0.25, 0.3) is 0 Å². The van der Waals surface area contributed by atoms with Crippen molar-refractivity contribution in [2.45, 2.75) is 22.9 Å². The smallest absolute Gasteiger partial charge is 0.233 e. The van der Waals surface area contributed by atoms with Crippen LogP contribution in [0.4, 0.5) is 30.7 Å². The van der Waals surface area contributed by atoms with E-state index in [1.54, 1.807) is 12.1 Å². The standard InChI is InChI=1S/C19H12F7IN2O2S/c1-32(30,31)14-8-6-13(7-9-14)29-15(11-2-4-12(27)5-3-11)10-16(28-29)17(20,21)18(22,23)19(24,25)26/h2-10H,1H3. The van der Waals surface area contributed by atoms with Gasteiger partial charge < -0.3 is 0 Å². The molecule has 0 spiro atoms. The first kappa shape index (κ1) is 24.5. The maximum absolute atomic E-state index is 14.3. The zero-order valence-electron chi connectivity index (χ0n) is 15.8. The van der Waals surface area contributed by atoms with Crippen LogP contribution in [0.25, 0.3) is 16.9 Å². The summed E-state index contributed by atoms with van der Waals surface area (Å²) in [6.45, 7) is 0. The summed E-state index contributed by atoms with van der Waals surface area (Å²) in [6.07, 6.45) is -5.58. The van der Waals surface area contributed by atoms with Crippen molar-refractivity contribution in [2.75, 3.05) is 6.26 Å². The number of halogens is 8. The van der Waals surface area contributed by atoms with Gasteiger partial charge in [0, 0.05) is 15.4 Å². The van der Waals surface area contributed by atoms with E-state index in [9.17, 15) is 39.2 Å². The summed E-state index contributed by atoms with van der Waals surface area (Å²) < 4.78 is 118. The van der Waals surface area contributed by atoms with Crippen LogP contribution in [0.15, 0.2) is 59.5 Å². The van der Waals surface area contributed by atoms with E-state index in [0.717, 1.165) is 26.6 Å². The highest BCUT2D eigenvalue weighted by atomic mass is 127. The second-order valence-electron chi connectivity index (χ2n) is 6.75. The SMILES string of the molecule is CS(=O)(=O)c1ccc(-n2nc(C(F)(F)C(F)(F)C(F)(F)F)cc2-c2ccc(I)cc2)cc1. The first-order chi connectivity index (χ1) is 14.6. The van der Waals surface area contributed by atoms with Gasteiger partial charge >= 0.3 is 18.0 Å². The Morgan fingerprint density at radius 2 is 1.41 bits per heavy atom. The lowest BCUT2D eigenvalue weighted by Crippen LogP contribution is -2.50. The Hall–Kier alpha value is -2.16. The van der Waals surface area contributed by atoms with Gasteiger partial charge in [-0.25, -0.2) is 13.1 Å². The Bertz CT molecular complexity index is 1240. The van der Waals surface area contributed by atoms with Gasteiger partial charge in [-0.1, -0.05) is 12.1 Å². The van der Waals surface area contributed by atoms with Gasteiger partial charge in [-0.2, -0.15) is 35.8 Å². The quantitative estimate of drug-likeness (QED) is 0.277. The van der Waals surface area contributed by atoms with Gasteiger partial charge in [0.1, 0.15) is 5.69 Å². The number of hydrogen-bond donors (Lipinski definition) is 0. The van der Waals surface area contributed by atoms with Crippen LogP contribution in [0.3, 0.4) is 0 Å². The first-order valence-corrected chi connectivity index (χ1v) is 11.5. The molecular weight excluding hydrogens is 580 g/mol. The van der Waals surface area contributed by atoms with E-state index in [0.29, 0.717) is 6.07 Å². The highest BCUT2D eigenvalue weighted by Crippen LogP contribution is 2.52. The first-order valence-electron chi connectivity index (χ1n) is 8.55. The number of benzene rings is 2. The average molecular weight is 592 g/mol. The molecule has 0 bridgehead atoms. The molecule has 0 saturated carbocycles. The van der Waals surface area contributed by atoms with Crippen LogP contribution in [0, 0.1) is 3.57 Å². The molecule has 3 rings (SSSR count). The molecule has 32 heavy (non-hydrogen) atoms. The summed E-state index contributed by atoms with van der Waals surface area (Å²) in [5.41, 5.74) is -1.80. The maximum atomic E-state index is 14.3. The van der Waals surface area contributed by atoms with Crippen molar-refractivity contribution >= 4 is 32.4 Å². The van der Waals surface area contributed by atoms with Crippen molar-refractivity contribution in [1.82, 2.24) is 9.78 Å². The largest absolute Gasteiger partial charge is 0.460 e. The molecule has 0 amide bonds. The zero-order chi connectivity index (χ0) is 24.1. The van der Waals surface area contributed by atoms with Gasteiger partial charge in [0.2, 0.25) is 0 Å². The molecule has 0 unspecified atom stereocenters. The van der Waals surface area contributed by atoms with Crippen LogP contribution in [0.2, 0.25) is 0 Å². The summed E-state index contributed by atoms with van der Waals surface area (Å²) in [7, 11) is -3.60. The number of nitrogens with zero attached hydrogens (tertiary/aromatic N) is 2. The number of hydrogen-bond acceptors (Lipinski definition) is 3. The monoisotopic (exact) mass is 592 g/mol. The van der Waals surface area contributed by atoms with Crippen molar-refractivity contribution < 1.29 is 39.2 Å². The molecule has 2 aromatic carbocycles. The summed E-state index contributed by atoms with van der Waals surface area (Å²) in [5.74, 6) is -12.0. The predicted octanol–water partition coefficient (Wildman–Crippen LogP) is 5.84. The molecule has 1 aromatic heterocycles. The van der Waals surface area contributed by atoms with Crippen LogP contribution in [-0.2, 0) is 15.8 Å². The highest BCUT2D eigenvalue weighted by Gasteiger charge is 2.74. The molecule has 13 heteroatoms. The highest BCUT2D eigenvalue weighted by molar-refractivity contribution is 14.1. The molecular formula is C19H12F7IN2O2S. The fourth-order valence-corrected chi connectivity index (χ4v) is 3.72. The second-order valence-corrected chi connectivity index (χ2v) is 10.0. The van der Waals surface area contributed by atoms with Gasteiger partial charge in [0.05, 0.1) is 16.3 Å². The van der Waals surface area contributed by atoms with Crippen LogP contribution in [0.1, 0.15) is 5.69 Å². The molecule has 0 saturated heterocycles. The number of aromatic nitrogens is 2. The van der Waals surface area contributed by atoms with Gasteiger partial charge in [-0.05, 0) is 65.1 Å². The van der Waals surface area contributed by atoms with E-state index < -0.39 is 33.6 Å². The molecule has 0 fully saturated rings. The average Bonchev–Trinajstić information content (AvgIpc) is 3.13. The van der Waals surface area contributed by atoms with E-state index in [4.69, 9.17) is 0 Å². The third kappa shape index (κ3) is 4.36. The summed E-state index contributed by atoms with van der Waals surface area (Å²) >= 11 is 1.96. The molecule has 0 N–H and O–H groups in total. The molecule has 0 aliphatic heterocycles. The van der Waals surface area contributed by atoms with Crippen molar-refractivity contribution in [1.29, 1.82) is 0 Å². The van der Waals surface area contributed by atoms with E-state index >= 15 is 0 Å². The zero-order valence-corrected chi connectivity index (χ0v) is 18.8. The van der Waals surface area contributed by atoms with Crippen molar-refractivity contribution in [3.63, 3.8) is 0 Å². The molecule has 0 atom stereocenters. The van der Waals surface area contributed by atoms with Gasteiger partial charge in [-0.15, -0.1) is 0 Å². The predicted molar refractivity (Wildman–Crippen MR) is 110 cm³/mol. The molecule has 4 nitrogen and oxygen atoms in total. The Kier molecular flexibility index (Phi) is 6.12. The third-order valence-electron chi connectivity index (χ3n) is 4.43. The van der Waals surface area contributed by atoms with Crippen molar-refractivity contribution in [2.24, 2.45) is 0 Å². The van der Waals surface area contributed by atoms with E-state index in [1.807, 2.05) is 22.6 Å². The molecule has 0 aliphatic rings. The normalized spacial score (nSPS) is 13.4. The minimum Gasteiger partial charge on any atom is -0.233 e. The minimum absolute atomic E-state index is 0.0247. The molecule has 172 valence electrons. The van der Waals surface area contributed by atoms with Crippen LogP contribution in [0.5, 0.6) is 0 Å². The Labute approximate surface area is 191 Å². The molecule has 3 aromatic rings. The van der Waals surface area contributed by atoms with Gasteiger partial charge in [0.15, 0.2) is 9.84 Å². The summed E-state index contributed by atoms with van der Waals surface area (Å²) in [6, 6.07) is 11.1. The van der Waals surface area contributed by atoms with Crippen molar-refractivity contribution in [3.8, 4) is 16.9 Å². The summed E-state index contributed by atoms with van der Waals surface area (Å²) in [4.78, 5) is -0.113. The molecule has 0 aliphatic carbocycles. The fourth-order valence-electron chi connectivity index (χ4n) is 2.73. The number of rotatable bonds is 5. The Balaban J connectivity index is 2.22. The minimum atomic E-state index is -6.51. The van der Waals surface area contributed by atoms with E-state index in [2.05, 4.69) is 5.10 Å². The van der Waals surface area contributed by atoms with E-state index in [-0.39, 0.29) is 21.8 Å². The van der Waals surface area contributed by atoms with Crippen LogP contribution in [-0.4, -0.2) is 36.6 Å². The van der Waals surface area contributed by atoms with Crippen LogP contribution >= 0.6 is 22.6 Å². The summed E-state index contributed by atoms with van der Waals surface area (Å²) in [5, 5.41) is 3.36. The lowest BCUT2D eigenvalue weighted by Gasteiger charge is -2.26. The fraction of sp³-hybridized carbons (Fsp3) is 0.211. The number of alkyl halides is 7. The Morgan fingerprint density at radius 1 is 0.875 bits per heavy atom. The van der Waals surface area contributed by atoms with Gasteiger partial charge in [-0.3, -0.25) is 0 Å². The molecule has 1 heterocycles. The van der Waals surface area contributed by atoms with Crippen molar-refractivity contribution in [3.05, 3.63) is 63.9 Å². The lowest BCUT2D eigenvalue weighted by atomic mass is 10.1. The third-order valence-corrected chi connectivity index (χ3v) is 6.28. The van der Waals surface area contributed by atoms with Crippen LogP contribution < -0.4 is 0 Å².